The summed E-state index contributed by atoms with van der Waals surface area (Å²) in [4.78, 5) is 24.5. The number of carbonyl (C=O) groups excluding carboxylic acids is 1. The van der Waals surface area contributed by atoms with E-state index in [1.807, 2.05) is 0 Å². The highest BCUT2D eigenvalue weighted by Gasteiger charge is 2.47. The van der Waals surface area contributed by atoms with Crippen molar-refractivity contribution < 1.29 is 14.7 Å². The Morgan fingerprint density at radius 2 is 1.67 bits per heavy atom. The van der Waals surface area contributed by atoms with Crippen molar-refractivity contribution in [1.29, 1.82) is 0 Å². The third kappa shape index (κ3) is 2.68. The van der Waals surface area contributed by atoms with Gasteiger partial charge in [0.1, 0.15) is 5.54 Å². The number of hydrogen-bond acceptors (Lipinski definition) is 2. The molecule has 1 amide bonds. The van der Waals surface area contributed by atoms with Crippen molar-refractivity contribution in [2.24, 2.45) is 11.3 Å². The summed E-state index contributed by atoms with van der Waals surface area (Å²) >= 11 is 0. The third-order valence-electron chi connectivity index (χ3n) is 4.55. The zero-order chi connectivity index (χ0) is 14.1. The highest BCUT2D eigenvalue weighted by molar-refractivity contribution is 5.86. The lowest BCUT2D eigenvalue weighted by Gasteiger charge is -2.45. The Hall–Kier alpha value is -1.06. The van der Waals surface area contributed by atoms with E-state index in [2.05, 4.69) is 20.8 Å². The maximum Gasteiger partial charge on any atom is 0.329 e. The molecule has 1 saturated carbocycles. The summed E-state index contributed by atoms with van der Waals surface area (Å²) in [6.07, 6.45) is 2.85. The molecule has 1 N–H and O–H groups in total. The fraction of sp³-hybridized carbons (Fsp3) is 0.857. The zero-order valence-electron chi connectivity index (χ0n) is 12.1. The van der Waals surface area contributed by atoms with E-state index in [1.54, 1.807) is 7.05 Å². The van der Waals surface area contributed by atoms with Gasteiger partial charge in [-0.1, -0.05) is 20.8 Å². The van der Waals surface area contributed by atoms with Crippen molar-refractivity contribution in [1.82, 2.24) is 4.90 Å². The minimum atomic E-state index is -0.992. The quantitative estimate of drug-likeness (QED) is 0.825. The maximum atomic E-state index is 11.6. The van der Waals surface area contributed by atoms with E-state index in [0.29, 0.717) is 18.8 Å². The van der Waals surface area contributed by atoms with Crippen molar-refractivity contribution in [3.05, 3.63) is 0 Å². The molecule has 18 heavy (non-hydrogen) atoms. The van der Waals surface area contributed by atoms with Crippen LogP contribution in [0.25, 0.3) is 0 Å². The summed E-state index contributed by atoms with van der Waals surface area (Å²) in [6, 6.07) is 0. The SMILES string of the molecule is CC(=O)N(C)C1(C(=O)O)CCC(C(C)(C)C)CC1. The standard InChI is InChI=1S/C14H25NO3/c1-10(16)15(5)14(12(17)18)8-6-11(7-9-14)13(2,3)4/h11H,6-9H2,1-5H3,(H,17,18). The monoisotopic (exact) mass is 255 g/mol. The van der Waals surface area contributed by atoms with Crippen molar-refractivity contribution in [3.63, 3.8) is 0 Å². The van der Waals surface area contributed by atoms with Gasteiger partial charge in [0.15, 0.2) is 0 Å². The molecule has 0 aromatic rings. The lowest BCUT2D eigenvalue weighted by molar-refractivity contribution is -0.160. The Morgan fingerprint density at radius 1 is 1.22 bits per heavy atom. The van der Waals surface area contributed by atoms with Gasteiger partial charge in [-0.15, -0.1) is 0 Å². The van der Waals surface area contributed by atoms with E-state index >= 15 is 0 Å². The van der Waals surface area contributed by atoms with Gasteiger partial charge < -0.3 is 10.0 Å². The average Bonchev–Trinajstić information content (AvgIpc) is 2.26. The lowest BCUT2D eigenvalue weighted by atomic mass is 9.67. The number of rotatable bonds is 2. The van der Waals surface area contributed by atoms with Crippen LogP contribution in [0.1, 0.15) is 53.4 Å². The van der Waals surface area contributed by atoms with Crippen LogP contribution in [0.3, 0.4) is 0 Å². The van der Waals surface area contributed by atoms with Crippen LogP contribution in [0.4, 0.5) is 0 Å². The number of likely N-dealkylation sites (N-methyl/N-ethyl adjacent to an activating group) is 1. The predicted octanol–water partition coefficient (Wildman–Crippen LogP) is 2.52. The molecule has 104 valence electrons. The summed E-state index contributed by atoms with van der Waals surface area (Å²) in [5.41, 5.74) is -0.785. The largest absolute Gasteiger partial charge is 0.479 e. The average molecular weight is 255 g/mol. The molecule has 0 atom stereocenters. The van der Waals surface area contributed by atoms with Crippen LogP contribution in [0, 0.1) is 11.3 Å². The van der Waals surface area contributed by atoms with Crippen LogP contribution in [-0.4, -0.2) is 34.5 Å². The van der Waals surface area contributed by atoms with Gasteiger partial charge in [-0.2, -0.15) is 0 Å². The molecule has 0 unspecified atom stereocenters. The van der Waals surface area contributed by atoms with Crippen molar-refractivity contribution >= 4 is 11.9 Å². The fourth-order valence-electron chi connectivity index (χ4n) is 2.96. The Bertz CT molecular complexity index is 335. The Kier molecular flexibility index (Phi) is 4.08. The van der Waals surface area contributed by atoms with E-state index in [0.717, 1.165) is 12.8 Å². The summed E-state index contributed by atoms with van der Waals surface area (Å²) < 4.78 is 0. The molecule has 1 rings (SSSR count). The smallest absolute Gasteiger partial charge is 0.329 e. The molecule has 0 radical (unpaired) electrons. The molecule has 0 spiro atoms. The van der Waals surface area contributed by atoms with E-state index in [4.69, 9.17) is 0 Å². The number of carboxylic acids is 1. The molecule has 1 fully saturated rings. The van der Waals surface area contributed by atoms with Crippen LogP contribution in [0.5, 0.6) is 0 Å². The van der Waals surface area contributed by atoms with Crippen molar-refractivity contribution in [2.45, 2.75) is 58.9 Å². The van der Waals surface area contributed by atoms with Gasteiger partial charge in [0.25, 0.3) is 0 Å². The highest BCUT2D eigenvalue weighted by Crippen LogP contribution is 2.43. The summed E-state index contributed by atoms with van der Waals surface area (Å²) in [5.74, 6) is -0.510. The molecular weight excluding hydrogens is 230 g/mol. The van der Waals surface area contributed by atoms with E-state index in [1.165, 1.54) is 11.8 Å². The van der Waals surface area contributed by atoms with Gasteiger partial charge in [-0.25, -0.2) is 4.79 Å². The summed E-state index contributed by atoms with van der Waals surface area (Å²) in [5, 5.41) is 9.50. The molecule has 0 bridgehead atoms. The first kappa shape index (κ1) is 15.0. The zero-order valence-corrected chi connectivity index (χ0v) is 12.1. The van der Waals surface area contributed by atoms with E-state index in [-0.39, 0.29) is 11.3 Å². The van der Waals surface area contributed by atoms with Gasteiger partial charge in [-0.05, 0) is 37.0 Å². The molecule has 1 aliphatic rings. The molecule has 0 heterocycles. The predicted molar refractivity (Wildman–Crippen MR) is 70.2 cm³/mol. The molecule has 0 aliphatic heterocycles. The minimum absolute atomic E-state index is 0.174. The first-order valence-corrected chi connectivity index (χ1v) is 6.59. The van der Waals surface area contributed by atoms with Crippen LogP contribution < -0.4 is 0 Å². The van der Waals surface area contributed by atoms with Gasteiger partial charge >= 0.3 is 5.97 Å². The highest BCUT2D eigenvalue weighted by atomic mass is 16.4. The van der Waals surface area contributed by atoms with Gasteiger partial charge in [0.05, 0.1) is 0 Å². The van der Waals surface area contributed by atoms with Crippen molar-refractivity contribution in [2.75, 3.05) is 7.05 Å². The van der Waals surface area contributed by atoms with E-state index in [9.17, 15) is 14.7 Å². The first-order chi connectivity index (χ1) is 8.11. The van der Waals surface area contributed by atoms with Crippen LogP contribution in [0.2, 0.25) is 0 Å². The number of carboxylic acid groups (broad SMARTS) is 1. The van der Waals surface area contributed by atoms with Gasteiger partial charge in [0.2, 0.25) is 5.91 Å². The Balaban J connectivity index is 2.88. The third-order valence-corrected chi connectivity index (χ3v) is 4.55. The molecule has 4 heteroatoms. The molecule has 0 aromatic carbocycles. The second kappa shape index (κ2) is 4.90. The van der Waals surface area contributed by atoms with Crippen LogP contribution in [-0.2, 0) is 9.59 Å². The summed E-state index contributed by atoms with van der Waals surface area (Å²) in [7, 11) is 1.61. The Labute approximate surface area is 109 Å². The number of hydrogen-bond donors (Lipinski definition) is 1. The number of nitrogens with zero attached hydrogens (tertiary/aromatic N) is 1. The molecular formula is C14H25NO3. The fourth-order valence-corrected chi connectivity index (χ4v) is 2.96. The molecule has 0 saturated heterocycles. The lowest BCUT2D eigenvalue weighted by Crippen LogP contribution is -2.57. The molecule has 0 aromatic heterocycles. The number of carbonyl (C=O) groups is 2. The second-order valence-corrected chi connectivity index (χ2v) is 6.56. The van der Waals surface area contributed by atoms with E-state index < -0.39 is 11.5 Å². The first-order valence-electron chi connectivity index (χ1n) is 6.59. The normalized spacial score (nSPS) is 28.8. The number of aliphatic carboxylic acids is 1. The van der Waals surface area contributed by atoms with Gasteiger partial charge in [0, 0.05) is 14.0 Å². The van der Waals surface area contributed by atoms with Crippen molar-refractivity contribution in [3.8, 4) is 0 Å². The van der Waals surface area contributed by atoms with Gasteiger partial charge in [-0.3, -0.25) is 4.79 Å². The molecule has 1 aliphatic carbocycles. The minimum Gasteiger partial charge on any atom is -0.479 e. The topological polar surface area (TPSA) is 57.6 Å². The van der Waals surface area contributed by atoms with Crippen LogP contribution in [0.15, 0.2) is 0 Å². The summed E-state index contributed by atoms with van der Waals surface area (Å²) in [6.45, 7) is 8.01. The number of amides is 1. The second-order valence-electron chi connectivity index (χ2n) is 6.56. The molecule has 4 nitrogen and oxygen atoms in total. The Morgan fingerprint density at radius 3 is 1.94 bits per heavy atom. The maximum absolute atomic E-state index is 11.6. The van der Waals surface area contributed by atoms with Crippen LogP contribution >= 0.6 is 0 Å².